The number of hydrogen-bond donors (Lipinski definition) is 1. The lowest BCUT2D eigenvalue weighted by Crippen LogP contribution is -2.46. The standard InChI is InChI=1S/C15H25N3O2S/c1-20-9-8-18(11-14-3-2-10-21-14)15(19)12-17-6-4-13(16)5-7-17/h2-3,10,13H,4-9,11-12,16H2,1H3. The molecule has 1 saturated heterocycles. The molecule has 1 amide bonds. The van der Waals surface area contributed by atoms with Gasteiger partial charge in [0.15, 0.2) is 0 Å². The van der Waals surface area contributed by atoms with Crippen LogP contribution in [0.4, 0.5) is 0 Å². The molecule has 1 fully saturated rings. The highest BCUT2D eigenvalue weighted by molar-refractivity contribution is 7.09. The monoisotopic (exact) mass is 311 g/mol. The van der Waals surface area contributed by atoms with E-state index < -0.39 is 0 Å². The van der Waals surface area contributed by atoms with E-state index in [0.717, 1.165) is 25.9 Å². The Morgan fingerprint density at radius 2 is 2.29 bits per heavy atom. The Bertz CT molecular complexity index is 417. The van der Waals surface area contributed by atoms with E-state index in [1.54, 1.807) is 18.4 Å². The van der Waals surface area contributed by atoms with Crippen molar-refractivity contribution in [2.24, 2.45) is 5.73 Å². The minimum Gasteiger partial charge on any atom is -0.383 e. The van der Waals surface area contributed by atoms with Gasteiger partial charge in [0.25, 0.3) is 0 Å². The second-order valence-electron chi connectivity index (χ2n) is 5.50. The number of carbonyl (C=O) groups is 1. The number of hydrogen-bond acceptors (Lipinski definition) is 5. The number of methoxy groups -OCH3 is 1. The number of carbonyl (C=O) groups excluding carboxylic acids is 1. The van der Waals surface area contributed by atoms with Gasteiger partial charge in [-0.15, -0.1) is 11.3 Å². The highest BCUT2D eigenvalue weighted by atomic mass is 32.1. The number of rotatable bonds is 7. The zero-order chi connectivity index (χ0) is 15.1. The van der Waals surface area contributed by atoms with E-state index in [2.05, 4.69) is 11.0 Å². The van der Waals surface area contributed by atoms with Crippen molar-refractivity contribution in [2.75, 3.05) is 39.9 Å². The maximum atomic E-state index is 12.5. The first-order valence-corrected chi connectivity index (χ1v) is 8.34. The lowest BCUT2D eigenvalue weighted by Gasteiger charge is -2.31. The number of nitrogens with zero attached hydrogens (tertiary/aromatic N) is 2. The van der Waals surface area contributed by atoms with E-state index in [0.29, 0.717) is 32.3 Å². The van der Waals surface area contributed by atoms with Gasteiger partial charge in [0.2, 0.25) is 5.91 Å². The van der Waals surface area contributed by atoms with Crippen molar-refractivity contribution >= 4 is 17.2 Å². The molecular formula is C15H25N3O2S. The van der Waals surface area contributed by atoms with E-state index in [1.165, 1.54) is 4.88 Å². The van der Waals surface area contributed by atoms with Gasteiger partial charge in [0.05, 0.1) is 19.7 Å². The predicted molar refractivity (Wildman–Crippen MR) is 85.3 cm³/mol. The van der Waals surface area contributed by atoms with Gasteiger partial charge in [-0.25, -0.2) is 0 Å². The normalized spacial score (nSPS) is 17.0. The lowest BCUT2D eigenvalue weighted by atomic mass is 10.1. The van der Waals surface area contributed by atoms with Crippen LogP contribution in [0.1, 0.15) is 17.7 Å². The second-order valence-corrected chi connectivity index (χ2v) is 6.53. The largest absolute Gasteiger partial charge is 0.383 e. The van der Waals surface area contributed by atoms with Crippen molar-refractivity contribution in [1.82, 2.24) is 9.80 Å². The van der Waals surface area contributed by atoms with Gasteiger partial charge in [-0.2, -0.15) is 0 Å². The molecule has 0 spiro atoms. The number of ether oxygens (including phenoxy) is 1. The Balaban J connectivity index is 1.87. The summed E-state index contributed by atoms with van der Waals surface area (Å²) in [6, 6.07) is 4.38. The van der Waals surface area contributed by atoms with Gasteiger partial charge in [-0.3, -0.25) is 9.69 Å². The fraction of sp³-hybridized carbons (Fsp3) is 0.667. The molecule has 118 valence electrons. The summed E-state index contributed by atoms with van der Waals surface area (Å²) in [4.78, 5) is 17.8. The maximum absolute atomic E-state index is 12.5. The van der Waals surface area contributed by atoms with Gasteiger partial charge in [-0.1, -0.05) is 6.07 Å². The number of amides is 1. The molecule has 0 bridgehead atoms. The van der Waals surface area contributed by atoms with Crippen LogP contribution >= 0.6 is 11.3 Å². The maximum Gasteiger partial charge on any atom is 0.237 e. The Morgan fingerprint density at radius 1 is 1.52 bits per heavy atom. The van der Waals surface area contributed by atoms with Crippen LogP contribution in [0, 0.1) is 0 Å². The van der Waals surface area contributed by atoms with Gasteiger partial charge < -0.3 is 15.4 Å². The lowest BCUT2D eigenvalue weighted by molar-refractivity contribution is -0.134. The van der Waals surface area contributed by atoms with E-state index in [4.69, 9.17) is 10.5 Å². The van der Waals surface area contributed by atoms with E-state index in [1.807, 2.05) is 16.3 Å². The van der Waals surface area contributed by atoms with Crippen LogP contribution in [0.5, 0.6) is 0 Å². The Labute approximate surface area is 130 Å². The molecular weight excluding hydrogens is 286 g/mol. The molecule has 2 N–H and O–H groups in total. The van der Waals surface area contributed by atoms with Crippen molar-refractivity contribution in [3.8, 4) is 0 Å². The van der Waals surface area contributed by atoms with Crippen molar-refractivity contribution in [3.63, 3.8) is 0 Å². The van der Waals surface area contributed by atoms with Gasteiger partial charge in [0.1, 0.15) is 0 Å². The summed E-state index contributed by atoms with van der Waals surface area (Å²) in [5.41, 5.74) is 5.91. The summed E-state index contributed by atoms with van der Waals surface area (Å²) >= 11 is 1.68. The van der Waals surface area contributed by atoms with Crippen LogP contribution in [-0.2, 0) is 16.1 Å². The quantitative estimate of drug-likeness (QED) is 0.820. The summed E-state index contributed by atoms with van der Waals surface area (Å²) in [5.74, 6) is 0.177. The summed E-state index contributed by atoms with van der Waals surface area (Å²) in [7, 11) is 1.67. The summed E-state index contributed by atoms with van der Waals surface area (Å²) in [6.45, 7) is 4.21. The molecule has 1 aromatic rings. The fourth-order valence-electron chi connectivity index (χ4n) is 2.49. The highest BCUT2D eigenvalue weighted by Gasteiger charge is 2.21. The van der Waals surface area contributed by atoms with Crippen LogP contribution in [0.2, 0.25) is 0 Å². The first-order valence-electron chi connectivity index (χ1n) is 7.46. The third-order valence-electron chi connectivity index (χ3n) is 3.84. The molecule has 1 aliphatic rings. The number of likely N-dealkylation sites (tertiary alicyclic amines) is 1. The van der Waals surface area contributed by atoms with Crippen LogP contribution < -0.4 is 5.73 Å². The molecule has 2 rings (SSSR count). The fourth-order valence-corrected chi connectivity index (χ4v) is 3.21. The van der Waals surface area contributed by atoms with Crippen molar-refractivity contribution in [1.29, 1.82) is 0 Å². The van der Waals surface area contributed by atoms with E-state index >= 15 is 0 Å². The zero-order valence-corrected chi connectivity index (χ0v) is 13.5. The van der Waals surface area contributed by atoms with Gasteiger partial charge >= 0.3 is 0 Å². The number of nitrogens with two attached hydrogens (primary N) is 1. The Kier molecular flexibility index (Phi) is 6.63. The first kappa shape index (κ1) is 16.4. The average molecular weight is 311 g/mol. The van der Waals surface area contributed by atoms with Crippen LogP contribution in [0.3, 0.4) is 0 Å². The summed E-state index contributed by atoms with van der Waals surface area (Å²) < 4.78 is 5.13. The zero-order valence-electron chi connectivity index (χ0n) is 12.7. The smallest absolute Gasteiger partial charge is 0.237 e. The van der Waals surface area contributed by atoms with Crippen molar-refractivity contribution in [2.45, 2.75) is 25.4 Å². The predicted octanol–water partition coefficient (Wildman–Crippen LogP) is 1.15. The molecule has 6 heteroatoms. The van der Waals surface area contributed by atoms with Crippen LogP contribution in [-0.4, -0.2) is 61.6 Å². The highest BCUT2D eigenvalue weighted by Crippen LogP contribution is 2.13. The summed E-state index contributed by atoms with van der Waals surface area (Å²) in [6.07, 6.45) is 1.96. The van der Waals surface area contributed by atoms with Gasteiger partial charge in [-0.05, 0) is 24.3 Å². The molecule has 1 aromatic heterocycles. The molecule has 21 heavy (non-hydrogen) atoms. The average Bonchev–Trinajstić information content (AvgIpc) is 2.98. The van der Waals surface area contributed by atoms with Crippen molar-refractivity contribution in [3.05, 3.63) is 22.4 Å². The minimum atomic E-state index is 0.177. The second kappa shape index (κ2) is 8.48. The molecule has 0 atom stereocenters. The molecule has 0 unspecified atom stereocenters. The third-order valence-corrected chi connectivity index (χ3v) is 4.70. The van der Waals surface area contributed by atoms with E-state index in [9.17, 15) is 4.79 Å². The third kappa shape index (κ3) is 5.39. The molecule has 0 saturated carbocycles. The Morgan fingerprint density at radius 3 is 2.90 bits per heavy atom. The first-order chi connectivity index (χ1) is 10.2. The van der Waals surface area contributed by atoms with Crippen LogP contribution in [0.25, 0.3) is 0 Å². The Hall–Kier alpha value is -0.950. The molecule has 1 aliphatic heterocycles. The molecule has 2 heterocycles. The topological polar surface area (TPSA) is 58.8 Å². The van der Waals surface area contributed by atoms with Crippen LogP contribution in [0.15, 0.2) is 17.5 Å². The summed E-state index contributed by atoms with van der Waals surface area (Å²) in [5, 5.41) is 2.04. The number of thiophene rings is 1. The van der Waals surface area contributed by atoms with Crippen molar-refractivity contribution < 1.29 is 9.53 Å². The molecule has 5 nitrogen and oxygen atoms in total. The minimum absolute atomic E-state index is 0.177. The molecule has 0 radical (unpaired) electrons. The number of piperidine rings is 1. The molecule has 0 aliphatic carbocycles. The molecule has 0 aromatic carbocycles. The van der Waals surface area contributed by atoms with Gasteiger partial charge in [0, 0.05) is 37.7 Å². The van der Waals surface area contributed by atoms with E-state index in [-0.39, 0.29) is 5.91 Å². The SMILES string of the molecule is COCCN(Cc1cccs1)C(=O)CN1CCC(N)CC1.